The van der Waals surface area contributed by atoms with Crippen LogP contribution in [-0.2, 0) is 21.2 Å². The first kappa shape index (κ1) is 21.8. The molecule has 1 N–H and O–H groups in total. The number of hydrogen-bond acceptors (Lipinski definition) is 4. The van der Waals surface area contributed by atoms with Crippen molar-refractivity contribution in [2.24, 2.45) is 0 Å². The van der Waals surface area contributed by atoms with Gasteiger partial charge in [0.1, 0.15) is 12.3 Å². The first-order valence-corrected chi connectivity index (χ1v) is 11.1. The molecule has 7 heteroatoms. The molecule has 0 unspecified atom stereocenters. The summed E-state index contributed by atoms with van der Waals surface area (Å²) in [6, 6.07) is 14.5. The second-order valence-electron chi connectivity index (χ2n) is 6.59. The standard InChI is InChI=1S/C21H28N2O4S/c1-5-16-7-11-18(12-8-16)23(28(4,25)26)15-21(24)22-20(6-2)17-9-13-19(27-3)14-10-17/h7-14,20H,5-6,15H2,1-4H3,(H,22,24)/t20-/m0/s1. The molecule has 0 spiro atoms. The number of carbonyl (C=O) groups excluding carboxylic acids is 1. The summed E-state index contributed by atoms with van der Waals surface area (Å²) >= 11 is 0. The van der Waals surface area contributed by atoms with Crippen LogP contribution in [0.4, 0.5) is 5.69 Å². The van der Waals surface area contributed by atoms with Crippen molar-refractivity contribution < 1.29 is 17.9 Å². The Labute approximate surface area is 167 Å². The predicted octanol–water partition coefficient (Wildman–Crippen LogP) is 3.29. The highest BCUT2D eigenvalue weighted by Gasteiger charge is 2.22. The molecule has 0 saturated heterocycles. The molecule has 0 bridgehead atoms. The fourth-order valence-electron chi connectivity index (χ4n) is 2.93. The zero-order valence-corrected chi connectivity index (χ0v) is 17.6. The summed E-state index contributed by atoms with van der Waals surface area (Å²) < 4.78 is 30.8. The van der Waals surface area contributed by atoms with Gasteiger partial charge in [-0.25, -0.2) is 8.42 Å². The number of nitrogens with one attached hydrogen (secondary N) is 1. The minimum atomic E-state index is -3.59. The van der Waals surface area contributed by atoms with Crippen LogP contribution in [0.2, 0.25) is 0 Å². The van der Waals surface area contributed by atoms with E-state index in [-0.39, 0.29) is 18.5 Å². The normalized spacial score (nSPS) is 12.3. The van der Waals surface area contributed by atoms with Crippen LogP contribution in [0.5, 0.6) is 5.75 Å². The third-order valence-corrected chi connectivity index (χ3v) is 5.72. The number of amides is 1. The maximum atomic E-state index is 12.6. The van der Waals surface area contributed by atoms with Crippen molar-refractivity contribution in [1.29, 1.82) is 0 Å². The molecule has 1 amide bonds. The van der Waals surface area contributed by atoms with E-state index in [2.05, 4.69) is 5.32 Å². The highest BCUT2D eigenvalue weighted by atomic mass is 32.2. The lowest BCUT2D eigenvalue weighted by Crippen LogP contribution is -2.41. The van der Waals surface area contributed by atoms with E-state index >= 15 is 0 Å². The van der Waals surface area contributed by atoms with Gasteiger partial charge in [0, 0.05) is 0 Å². The molecular weight excluding hydrogens is 376 g/mol. The van der Waals surface area contributed by atoms with Crippen molar-refractivity contribution in [3.63, 3.8) is 0 Å². The average molecular weight is 405 g/mol. The lowest BCUT2D eigenvalue weighted by atomic mass is 10.0. The van der Waals surface area contributed by atoms with Gasteiger partial charge in [0.05, 0.1) is 25.1 Å². The number of hydrogen-bond donors (Lipinski definition) is 1. The van der Waals surface area contributed by atoms with E-state index in [4.69, 9.17) is 4.74 Å². The fourth-order valence-corrected chi connectivity index (χ4v) is 3.78. The molecule has 152 valence electrons. The van der Waals surface area contributed by atoms with Crippen molar-refractivity contribution >= 4 is 21.6 Å². The van der Waals surface area contributed by atoms with Crippen molar-refractivity contribution in [2.75, 3.05) is 24.2 Å². The number of aryl methyl sites for hydroxylation is 1. The van der Waals surface area contributed by atoms with Crippen molar-refractivity contribution in [2.45, 2.75) is 32.7 Å². The number of benzene rings is 2. The molecule has 0 saturated carbocycles. The molecule has 0 aromatic heterocycles. The van der Waals surface area contributed by atoms with Gasteiger partial charge in [0.2, 0.25) is 15.9 Å². The summed E-state index contributed by atoms with van der Waals surface area (Å²) in [4.78, 5) is 12.6. The number of nitrogens with zero attached hydrogens (tertiary/aromatic N) is 1. The summed E-state index contributed by atoms with van der Waals surface area (Å²) in [5.74, 6) is 0.386. The van der Waals surface area contributed by atoms with Crippen molar-refractivity contribution in [3.8, 4) is 5.75 Å². The van der Waals surface area contributed by atoms with Gasteiger partial charge in [-0.1, -0.05) is 38.1 Å². The Hall–Kier alpha value is -2.54. The molecule has 28 heavy (non-hydrogen) atoms. The second kappa shape index (κ2) is 9.59. The molecule has 2 rings (SSSR count). The molecule has 2 aromatic carbocycles. The zero-order valence-electron chi connectivity index (χ0n) is 16.8. The van der Waals surface area contributed by atoms with E-state index in [0.29, 0.717) is 12.1 Å². The zero-order chi connectivity index (χ0) is 20.7. The number of sulfonamides is 1. The third kappa shape index (κ3) is 5.73. The maximum absolute atomic E-state index is 12.6. The molecule has 0 radical (unpaired) electrons. The van der Waals surface area contributed by atoms with Gasteiger partial charge in [-0.2, -0.15) is 0 Å². The van der Waals surface area contributed by atoms with Crippen molar-refractivity contribution in [3.05, 3.63) is 59.7 Å². The van der Waals surface area contributed by atoms with Gasteiger partial charge in [0.25, 0.3) is 0 Å². The maximum Gasteiger partial charge on any atom is 0.241 e. The van der Waals surface area contributed by atoms with Crippen molar-refractivity contribution in [1.82, 2.24) is 5.32 Å². The SMILES string of the molecule is CCc1ccc(N(CC(=O)N[C@@H](CC)c2ccc(OC)cc2)S(C)(=O)=O)cc1. The summed E-state index contributed by atoms with van der Waals surface area (Å²) in [5, 5.41) is 2.93. The van der Waals surface area contributed by atoms with Gasteiger partial charge in [-0.15, -0.1) is 0 Å². The van der Waals surface area contributed by atoms with Gasteiger partial charge in [0.15, 0.2) is 0 Å². The molecule has 0 aliphatic heterocycles. The minimum absolute atomic E-state index is 0.206. The lowest BCUT2D eigenvalue weighted by molar-refractivity contribution is -0.120. The van der Waals surface area contributed by atoms with Crippen LogP contribution in [0.15, 0.2) is 48.5 Å². The van der Waals surface area contributed by atoms with Crippen LogP contribution < -0.4 is 14.4 Å². The highest BCUT2D eigenvalue weighted by Crippen LogP contribution is 2.21. The van der Waals surface area contributed by atoms with E-state index in [1.54, 1.807) is 19.2 Å². The second-order valence-corrected chi connectivity index (χ2v) is 8.50. The van der Waals surface area contributed by atoms with E-state index in [1.165, 1.54) is 0 Å². The first-order valence-electron chi connectivity index (χ1n) is 9.28. The largest absolute Gasteiger partial charge is 0.497 e. The summed E-state index contributed by atoms with van der Waals surface area (Å²) in [6.45, 7) is 3.73. The van der Waals surface area contributed by atoms with Crippen LogP contribution >= 0.6 is 0 Å². The molecule has 0 aliphatic carbocycles. The highest BCUT2D eigenvalue weighted by molar-refractivity contribution is 7.92. The van der Waals surface area contributed by atoms with Crippen LogP contribution in [0.3, 0.4) is 0 Å². The van der Waals surface area contributed by atoms with E-state index in [1.807, 2.05) is 50.2 Å². The Morgan fingerprint density at radius 2 is 1.68 bits per heavy atom. The quantitative estimate of drug-likeness (QED) is 0.696. The van der Waals surface area contributed by atoms with Gasteiger partial charge in [-0.05, 0) is 48.2 Å². The molecule has 6 nitrogen and oxygen atoms in total. The molecule has 2 aromatic rings. The number of anilines is 1. The van der Waals surface area contributed by atoms with Gasteiger partial charge < -0.3 is 10.1 Å². The van der Waals surface area contributed by atoms with E-state index in [9.17, 15) is 13.2 Å². The molecule has 0 aliphatic rings. The molecule has 1 atom stereocenters. The van der Waals surface area contributed by atoms with E-state index < -0.39 is 10.0 Å². The lowest BCUT2D eigenvalue weighted by Gasteiger charge is -2.24. The Kier molecular flexibility index (Phi) is 7.45. The van der Waals surface area contributed by atoms with Gasteiger partial charge in [-0.3, -0.25) is 9.10 Å². The number of rotatable bonds is 9. The van der Waals surface area contributed by atoms with Crippen LogP contribution in [0.1, 0.15) is 37.4 Å². The van der Waals surface area contributed by atoms with E-state index in [0.717, 1.165) is 33.9 Å². The Morgan fingerprint density at radius 1 is 1.07 bits per heavy atom. The monoisotopic (exact) mass is 404 g/mol. The Balaban J connectivity index is 2.15. The Morgan fingerprint density at radius 3 is 2.14 bits per heavy atom. The average Bonchev–Trinajstić information content (AvgIpc) is 2.69. The van der Waals surface area contributed by atoms with Crippen LogP contribution in [0, 0.1) is 0 Å². The summed E-state index contributed by atoms with van der Waals surface area (Å²) in [7, 11) is -1.99. The first-order chi connectivity index (χ1) is 13.3. The topological polar surface area (TPSA) is 75.7 Å². The third-order valence-electron chi connectivity index (χ3n) is 4.58. The van der Waals surface area contributed by atoms with Crippen LogP contribution in [-0.4, -0.2) is 34.2 Å². The molecular formula is C21H28N2O4S. The number of carbonyl (C=O) groups is 1. The van der Waals surface area contributed by atoms with Crippen LogP contribution in [0.25, 0.3) is 0 Å². The fraction of sp³-hybridized carbons (Fsp3) is 0.381. The molecule has 0 fully saturated rings. The predicted molar refractivity (Wildman–Crippen MR) is 112 cm³/mol. The molecule has 0 heterocycles. The number of methoxy groups -OCH3 is 1. The number of ether oxygens (including phenoxy) is 1. The summed E-state index contributed by atoms with van der Waals surface area (Å²) in [6.07, 6.45) is 2.65. The smallest absolute Gasteiger partial charge is 0.241 e. The summed E-state index contributed by atoms with van der Waals surface area (Å²) in [5.41, 5.74) is 2.52. The van der Waals surface area contributed by atoms with Gasteiger partial charge >= 0.3 is 0 Å². The minimum Gasteiger partial charge on any atom is -0.497 e. The Bertz CT molecular complexity index is 878.